The minimum Gasteiger partial charge on any atom is -0.381 e. The fourth-order valence-corrected chi connectivity index (χ4v) is 3.53. The molecule has 0 saturated heterocycles. The highest BCUT2D eigenvalue weighted by atomic mass is 32.2. The van der Waals surface area contributed by atoms with E-state index >= 15 is 0 Å². The van der Waals surface area contributed by atoms with Crippen molar-refractivity contribution in [1.82, 2.24) is 14.3 Å². The van der Waals surface area contributed by atoms with Gasteiger partial charge in [0.2, 0.25) is 0 Å². The second-order valence-corrected chi connectivity index (χ2v) is 6.55. The Kier molecular flexibility index (Phi) is 5.81. The van der Waals surface area contributed by atoms with Crippen LogP contribution in [-0.2, 0) is 17.1 Å². The van der Waals surface area contributed by atoms with E-state index < -0.39 is 10.0 Å². The van der Waals surface area contributed by atoms with Crippen LogP contribution in [0, 0.1) is 0 Å². The quantitative estimate of drug-likeness (QED) is 0.712. The maximum atomic E-state index is 12.2. The van der Waals surface area contributed by atoms with Crippen LogP contribution in [0.3, 0.4) is 0 Å². The van der Waals surface area contributed by atoms with Crippen LogP contribution in [0.25, 0.3) is 0 Å². The van der Waals surface area contributed by atoms with Gasteiger partial charge in [-0.1, -0.05) is 32.6 Å². The number of sulfonamides is 1. The standard InChI is InChI=1S/C12H24N4O2S/c1-4-5-6-7-8-10(2)15-19(17,18)12-11(13)14-9-16(12)3/h9-10,15H,4-8,13H2,1-3H3. The summed E-state index contributed by atoms with van der Waals surface area (Å²) in [5.41, 5.74) is 5.59. The van der Waals surface area contributed by atoms with Crippen LogP contribution in [0.1, 0.15) is 46.0 Å². The topological polar surface area (TPSA) is 90.0 Å². The van der Waals surface area contributed by atoms with E-state index in [1.165, 1.54) is 23.7 Å². The van der Waals surface area contributed by atoms with Gasteiger partial charge in [-0.3, -0.25) is 0 Å². The Morgan fingerprint density at radius 1 is 1.42 bits per heavy atom. The highest BCUT2D eigenvalue weighted by Crippen LogP contribution is 2.16. The molecule has 1 aromatic heterocycles. The van der Waals surface area contributed by atoms with Crippen molar-refractivity contribution in [2.45, 2.75) is 57.0 Å². The van der Waals surface area contributed by atoms with Crippen LogP contribution in [0.5, 0.6) is 0 Å². The van der Waals surface area contributed by atoms with Gasteiger partial charge in [-0.25, -0.2) is 18.1 Å². The van der Waals surface area contributed by atoms with Gasteiger partial charge in [0.25, 0.3) is 10.0 Å². The van der Waals surface area contributed by atoms with E-state index in [1.54, 1.807) is 7.05 Å². The van der Waals surface area contributed by atoms with E-state index in [0.29, 0.717) is 0 Å². The number of aryl methyl sites for hydroxylation is 1. The first-order valence-corrected chi connectivity index (χ1v) is 8.16. The lowest BCUT2D eigenvalue weighted by molar-refractivity contribution is 0.517. The third-order valence-corrected chi connectivity index (χ3v) is 4.73. The Morgan fingerprint density at radius 2 is 2.11 bits per heavy atom. The normalized spacial score (nSPS) is 13.6. The van der Waals surface area contributed by atoms with Crippen molar-refractivity contribution < 1.29 is 8.42 Å². The van der Waals surface area contributed by atoms with E-state index in [0.717, 1.165) is 19.3 Å². The van der Waals surface area contributed by atoms with Crippen molar-refractivity contribution in [3.63, 3.8) is 0 Å². The van der Waals surface area contributed by atoms with Crippen LogP contribution in [-0.4, -0.2) is 24.0 Å². The predicted molar refractivity (Wildman–Crippen MR) is 76.2 cm³/mol. The summed E-state index contributed by atoms with van der Waals surface area (Å²) >= 11 is 0. The number of hydrogen-bond acceptors (Lipinski definition) is 4. The monoisotopic (exact) mass is 288 g/mol. The molecule has 0 spiro atoms. The summed E-state index contributed by atoms with van der Waals surface area (Å²) in [6.45, 7) is 4.02. The van der Waals surface area contributed by atoms with Crippen LogP contribution in [0.4, 0.5) is 5.82 Å². The molecule has 7 heteroatoms. The fraction of sp³-hybridized carbons (Fsp3) is 0.750. The summed E-state index contributed by atoms with van der Waals surface area (Å²) in [4.78, 5) is 3.80. The number of imidazole rings is 1. The third-order valence-electron chi connectivity index (χ3n) is 3.01. The average Bonchev–Trinajstić information content (AvgIpc) is 2.64. The Bertz CT molecular complexity index is 476. The largest absolute Gasteiger partial charge is 0.381 e. The first-order valence-electron chi connectivity index (χ1n) is 6.67. The Morgan fingerprint density at radius 3 is 2.63 bits per heavy atom. The highest BCUT2D eigenvalue weighted by molar-refractivity contribution is 7.89. The van der Waals surface area contributed by atoms with E-state index in [2.05, 4.69) is 16.6 Å². The number of nitrogens with zero attached hydrogens (tertiary/aromatic N) is 2. The van der Waals surface area contributed by atoms with Crippen LogP contribution >= 0.6 is 0 Å². The molecule has 1 rings (SSSR count). The Balaban J connectivity index is 2.60. The predicted octanol–water partition coefficient (Wildman–Crippen LogP) is 1.64. The minimum absolute atomic E-state index is 0.0351. The second kappa shape index (κ2) is 6.91. The second-order valence-electron chi connectivity index (χ2n) is 4.92. The molecule has 0 aliphatic carbocycles. The molecule has 1 aromatic rings. The molecule has 110 valence electrons. The number of unbranched alkanes of at least 4 members (excludes halogenated alkanes) is 3. The zero-order chi connectivity index (χ0) is 14.5. The van der Waals surface area contributed by atoms with E-state index in [-0.39, 0.29) is 16.9 Å². The van der Waals surface area contributed by atoms with E-state index in [4.69, 9.17) is 5.73 Å². The Labute approximate surface area is 115 Å². The number of hydrogen-bond donors (Lipinski definition) is 2. The maximum absolute atomic E-state index is 12.2. The number of nitrogens with two attached hydrogens (primary N) is 1. The summed E-state index contributed by atoms with van der Waals surface area (Å²) in [5.74, 6) is 0.0354. The molecule has 1 unspecified atom stereocenters. The van der Waals surface area contributed by atoms with Gasteiger partial charge >= 0.3 is 0 Å². The molecule has 1 heterocycles. The SMILES string of the molecule is CCCCCCC(C)NS(=O)(=O)c1c(N)ncn1C. The molecule has 0 fully saturated rings. The van der Waals surface area contributed by atoms with Gasteiger partial charge in [-0.15, -0.1) is 0 Å². The molecule has 19 heavy (non-hydrogen) atoms. The van der Waals surface area contributed by atoms with Gasteiger partial charge in [0, 0.05) is 13.1 Å². The van der Waals surface area contributed by atoms with Crippen molar-refractivity contribution in [3.8, 4) is 0 Å². The molecular formula is C12H24N4O2S. The molecular weight excluding hydrogens is 264 g/mol. The molecule has 0 aliphatic rings. The van der Waals surface area contributed by atoms with E-state index in [9.17, 15) is 8.42 Å². The van der Waals surface area contributed by atoms with E-state index in [1.807, 2.05) is 6.92 Å². The summed E-state index contributed by atoms with van der Waals surface area (Å²) in [5, 5.41) is 0.0351. The summed E-state index contributed by atoms with van der Waals surface area (Å²) in [6.07, 6.45) is 6.75. The lowest BCUT2D eigenvalue weighted by Crippen LogP contribution is -2.34. The first kappa shape index (κ1) is 16.0. The highest BCUT2D eigenvalue weighted by Gasteiger charge is 2.23. The van der Waals surface area contributed by atoms with Crippen LogP contribution in [0.15, 0.2) is 11.4 Å². The molecule has 0 amide bonds. The average molecular weight is 288 g/mol. The van der Waals surface area contributed by atoms with Gasteiger partial charge in [0.15, 0.2) is 10.8 Å². The number of rotatable bonds is 8. The molecule has 0 radical (unpaired) electrons. The zero-order valence-electron chi connectivity index (χ0n) is 11.9. The summed E-state index contributed by atoms with van der Waals surface area (Å²) in [6, 6.07) is -0.101. The molecule has 0 aromatic carbocycles. The van der Waals surface area contributed by atoms with Gasteiger partial charge in [-0.2, -0.15) is 0 Å². The lowest BCUT2D eigenvalue weighted by Gasteiger charge is -2.14. The molecule has 3 N–H and O–H groups in total. The minimum atomic E-state index is -3.59. The zero-order valence-corrected chi connectivity index (χ0v) is 12.7. The molecule has 0 bridgehead atoms. The fourth-order valence-electron chi connectivity index (χ4n) is 2.02. The van der Waals surface area contributed by atoms with Crippen molar-refractivity contribution in [2.75, 3.05) is 5.73 Å². The first-order chi connectivity index (χ1) is 8.88. The van der Waals surface area contributed by atoms with Crippen molar-refractivity contribution in [1.29, 1.82) is 0 Å². The van der Waals surface area contributed by atoms with Crippen LogP contribution in [0.2, 0.25) is 0 Å². The lowest BCUT2D eigenvalue weighted by atomic mass is 10.1. The van der Waals surface area contributed by atoms with Gasteiger partial charge in [0.05, 0.1) is 6.33 Å². The number of nitrogen functional groups attached to an aromatic ring is 1. The number of aromatic nitrogens is 2. The summed E-state index contributed by atoms with van der Waals surface area (Å²) < 4.78 is 28.4. The van der Waals surface area contributed by atoms with Crippen molar-refractivity contribution in [2.24, 2.45) is 7.05 Å². The number of anilines is 1. The molecule has 1 atom stereocenters. The van der Waals surface area contributed by atoms with Gasteiger partial charge in [-0.05, 0) is 13.3 Å². The third kappa shape index (κ3) is 4.50. The van der Waals surface area contributed by atoms with Crippen molar-refractivity contribution in [3.05, 3.63) is 6.33 Å². The van der Waals surface area contributed by atoms with Crippen LogP contribution < -0.4 is 10.5 Å². The smallest absolute Gasteiger partial charge is 0.260 e. The van der Waals surface area contributed by atoms with Gasteiger partial charge in [0.1, 0.15) is 0 Å². The molecule has 0 aliphatic heterocycles. The summed E-state index contributed by atoms with van der Waals surface area (Å²) in [7, 11) is -1.98. The van der Waals surface area contributed by atoms with Crippen molar-refractivity contribution >= 4 is 15.8 Å². The maximum Gasteiger partial charge on any atom is 0.260 e. The van der Waals surface area contributed by atoms with Gasteiger partial charge < -0.3 is 10.3 Å². The number of nitrogens with one attached hydrogen (secondary N) is 1. The molecule has 6 nitrogen and oxygen atoms in total. The Hall–Kier alpha value is -1.08. The molecule has 0 saturated carbocycles.